The Morgan fingerprint density at radius 2 is 2.13 bits per heavy atom. The Morgan fingerprint density at radius 1 is 1.40 bits per heavy atom. The highest BCUT2D eigenvalue weighted by atomic mass is 32.1. The Hall–Kier alpha value is 0.270. The van der Waals surface area contributed by atoms with Crippen LogP contribution in [0.15, 0.2) is 0 Å². The summed E-state index contributed by atoms with van der Waals surface area (Å²) in [6.07, 6.45) is 5.57. The maximum absolute atomic E-state index is 4.53. The van der Waals surface area contributed by atoms with Gasteiger partial charge in [0.05, 0.1) is 0 Å². The van der Waals surface area contributed by atoms with Crippen molar-refractivity contribution in [1.29, 1.82) is 0 Å². The molecule has 2 rings (SSSR count). The molecule has 1 saturated carbocycles. The maximum Gasteiger partial charge on any atom is 0.0229 e. The van der Waals surface area contributed by atoms with Crippen LogP contribution in [-0.2, 0) is 0 Å². The molecule has 0 aromatic rings. The molecule has 1 saturated heterocycles. The van der Waals surface area contributed by atoms with Gasteiger partial charge in [-0.1, -0.05) is 6.42 Å². The summed E-state index contributed by atoms with van der Waals surface area (Å²) < 4.78 is 0. The van der Waals surface area contributed by atoms with Gasteiger partial charge in [-0.15, -0.1) is 0 Å². The van der Waals surface area contributed by atoms with Gasteiger partial charge in [0, 0.05) is 19.1 Å². The molecule has 1 heterocycles. The second kappa shape index (κ2) is 4.64. The molecule has 2 nitrogen and oxygen atoms in total. The topological polar surface area (TPSA) is 6.48 Å². The van der Waals surface area contributed by atoms with Gasteiger partial charge in [-0.3, -0.25) is 0 Å². The van der Waals surface area contributed by atoms with Gasteiger partial charge in [-0.2, -0.15) is 12.6 Å². The van der Waals surface area contributed by atoms with Gasteiger partial charge in [0.15, 0.2) is 0 Å². The van der Waals surface area contributed by atoms with Gasteiger partial charge >= 0.3 is 0 Å². The van der Waals surface area contributed by atoms with Crippen LogP contribution >= 0.6 is 12.6 Å². The van der Waals surface area contributed by atoms with Crippen molar-refractivity contribution in [2.45, 2.75) is 31.7 Å². The third-order valence-corrected chi connectivity index (χ3v) is 4.96. The van der Waals surface area contributed by atoms with Gasteiger partial charge < -0.3 is 9.80 Å². The summed E-state index contributed by atoms with van der Waals surface area (Å²) in [4.78, 5) is 5.02. The predicted molar refractivity (Wildman–Crippen MR) is 68.7 cm³/mol. The van der Waals surface area contributed by atoms with Crippen LogP contribution in [0.25, 0.3) is 0 Å². The molecule has 3 heteroatoms. The van der Waals surface area contributed by atoms with Crippen molar-refractivity contribution in [3.63, 3.8) is 0 Å². The second-order valence-electron chi connectivity index (χ2n) is 5.65. The van der Waals surface area contributed by atoms with Crippen LogP contribution in [-0.4, -0.2) is 55.3 Å². The first-order valence-electron chi connectivity index (χ1n) is 6.15. The summed E-state index contributed by atoms with van der Waals surface area (Å²) in [7, 11) is 4.40. The summed E-state index contributed by atoms with van der Waals surface area (Å²) >= 11 is 4.53. The SMILES string of the molecule is CN(C)C1CCN(CC2(CS)CCC2)C1. The van der Waals surface area contributed by atoms with Gasteiger partial charge in [-0.25, -0.2) is 0 Å². The molecule has 0 N–H and O–H groups in total. The third kappa shape index (κ3) is 2.51. The van der Waals surface area contributed by atoms with E-state index in [9.17, 15) is 0 Å². The zero-order valence-electron chi connectivity index (χ0n) is 10.1. The van der Waals surface area contributed by atoms with Crippen LogP contribution in [0.4, 0.5) is 0 Å². The molecule has 2 fully saturated rings. The van der Waals surface area contributed by atoms with E-state index in [2.05, 4.69) is 36.5 Å². The number of thiol groups is 1. The normalized spacial score (nSPS) is 30.8. The van der Waals surface area contributed by atoms with E-state index < -0.39 is 0 Å². The predicted octanol–water partition coefficient (Wildman–Crippen LogP) is 1.72. The number of rotatable bonds is 4. The number of likely N-dealkylation sites (N-methyl/N-ethyl adjacent to an activating group) is 1. The molecule has 2 aliphatic rings. The van der Waals surface area contributed by atoms with E-state index in [1.165, 1.54) is 45.3 Å². The number of likely N-dealkylation sites (tertiary alicyclic amines) is 1. The van der Waals surface area contributed by atoms with Gasteiger partial charge in [0.25, 0.3) is 0 Å². The zero-order valence-corrected chi connectivity index (χ0v) is 11.0. The fraction of sp³-hybridized carbons (Fsp3) is 1.00. The van der Waals surface area contributed by atoms with Gasteiger partial charge in [-0.05, 0) is 51.1 Å². The summed E-state index contributed by atoms with van der Waals surface area (Å²) in [5, 5.41) is 0. The molecule has 88 valence electrons. The highest BCUT2D eigenvalue weighted by Crippen LogP contribution is 2.42. The minimum atomic E-state index is 0.574. The van der Waals surface area contributed by atoms with Crippen molar-refractivity contribution in [3.05, 3.63) is 0 Å². The Labute approximate surface area is 99.4 Å². The lowest BCUT2D eigenvalue weighted by Crippen LogP contribution is -2.43. The Bertz CT molecular complexity index is 208. The molecule has 0 aromatic heterocycles. The molecule has 1 aliphatic carbocycles. The minimum Gasteiger partial charge on any atom is -0.305 e. The van der Waals surface area contributed by atoms with Crippen molar-refractivity contribution in [2.24, 2.45) is 5.41 Å². The van der Waals surface area contributed by atoms with E-state index in [1.54, 1.807) is 0 Å². The van der Waals surface area contributed by atoms with E-state index in [4.69, 9.17) is 0 Å². The number of hydrogen-bond donors (Lipinski definition) is 1. The van der Waals surface area contributed by atoms with Crippen LogP contribution in [0.1, 0.15) is 25.7 Å². The lowest BCUT2D eigenvalue weighted by atomic mass is 9.70. The number of hydrogen-bond acceptors (Lipinski definition) is 3. The molecule has 1 unspecified atom stereocenters. The van der Waals surface area contributed by atoms with Crippen molar-refractivity contribution in [1.82, 2.24) is 9.80 Å². The van der Waals surface area contributed by atoms with Gasteiger partial charge in [0.1, 0.15) is 0 Å². The summed E-state index contributed by atoms with van der Waals surface area (Å²) in [6.45, 7) is 3.85. The number of nitrogens with zero attached hydrogens (tertiary/aromatic N) is 2. The third-order valence-electron chi connectivity index (χ3n) is 4.29. The lowest BCUT2D eigenvalue weighted by Gasteiger charge is -2.43. The first-order valence-corrected chi connectivity index (χ1v) is 6.78. The standard InChI is InChI=1S/C12H24N2S/c1-13(2)11-4-7-14(8-11)9-12(10-15)5-3-6-12/h11,15H,3-10H2,1-2H3. The summed E-state index contributed by atoms with van der Waals surface area (Å²) in [5.41, 5.74) is 0.574. The molecule has 1 aliphatic heterocycles. The average Bonchev–Trinajstić information content (AvgIpc) is 2.59. The monoisotopic (exact) mass is 228 g/mol. The lowest BCUT2D eigenvalue weighted by molar-refractivity contribution is 0.100. The van der Waals surface area contributed by atoms with Crippen LogP contribution in [0.5, 0.6) is 0 Å². The van der Waals surface area contributed by atoms with Crippen LogP contribution < -0.4 is 0 Å². The first kappa shape index (κ1) is 11.7. The molecule has 0 aromatic carbocycles. The minimum absolute atomic E-state index is 0.574. The Balaban J connectivity index is 1.81. The Kier molecular flexibility index (Phi) is 3.63. The van der Waals surface area contributed by atoms with Crippen molar-refractivity contribution in [3.8, 4) is 0 Å². The van der Waals surface area contributed by atoms with Crippen molar-refractivity contribution < 1.29 is 0 Å². The smallest absolute Gasteiger partial charge is 0.0229 e. The zero-order chi connectivity index (χ0) is 10.9. The second-order valence-corrected chi connectivity index (χ2v) is 5.97. The van der Waals surface area contributed by atoms with E-state index in [1.807, 2.05) is 0 Å². The van der Waals surface area contributed by atoms with Crippen LogP contribution in [0, 0.1) is 5.41 Å². The molecule has 0 radical (unpaired) electrons. The van der Waals surface area contributed by atoms with Crippen LogP contribution in [0.3, 0.4) is 0 Å². The maximum atomic E-state index is 4.53. The van der Waals surface area contributed by atoms with E-state index in [0.717, 1.165) is 11.8 Å². The molecular weight excluding hydrogens is 204 g/mol. The van der Waals surface area contributed by atoms with Crippen molar-refractivity contribution in [2.75, 3.05) is 39.5 Å². The average molecular weight is 228 g/mol. The fourth-order valence-corrected chi connectivity index (χ4v) is 3.31. The molecule has 0 bridgehead atoms. The molecule has 15 heavy (non-hydrogen) atoms. The molecule has 0 spiro atoms. The highest BCUT2D eigenvalue weighted by Gasteiger charge is 2.38. The molecule has 0 amide bonds. The molecular formula is C12H24N2S. The quantitative estimate of drug-likeness (QED) is 0.732. The highest BCUT2D eigenvalue weighted by molar-refractivity contribution is 7.80. The van der Waals surface area contributed by atoms with Crippen LogP contribution in [0.2, 0.25) is 0 Å². The Morgan fingerprint density at radius 3 is 2.53 bits per heavy atom. The van der Waals surface area contributed by atoms with Gasteiger partial charge in [0.2, 0.25) is 0 Å². The summed E-state index contributed by atoms with van der Waals surface area (Å²) in [5.74, 6) is 1.08. The largest absolute Gasteiger partial charge is 0.305 e. The summed E-state index contributed by atoms with van der Waals surface area (Å²) in [6, 6.07) is 0.780. The fourth-order valence-electron chi connectivity index (χ4n) is 2.89. The molecule has 1 atom stereocenters. The van der Waals surface area contributed by atoms with E-state index in [0.29, 0.717) is 5.41 Å². The van der Waals surface area contributed by atoms with E-state index >= 15 is 0 Å². The van der Waals surface area contributed by atoms with Crippen molar-refractivity contribution >= 4 is 12.6 Å². The first-order chi connectivity index (χ1) is 7.15. The van der Waals surface area contributed by atoms with E-state index in [-0.39, 0.29) is 0 Å².